The van der Waals surface area contributed by atoms with Crippen LogP contribution in [0.5, 0.6) is 5.75 Å². The van der Waals surface area contributed by atoms with Crippen molar-refractivity contribution < 1.29 is 9.47 Å². The summed E-state index contributed by atoms with van der Waals surface area (Å²) in [5.74, 6) is 0.729. The van der Waals surface area contributed by atoms with Crippen molar-refractivity contribution in [2.24, 2.45) is 0 Å². The molecule has 2 rings (SSSR count). The fourth-order valence-electron chi connectivity index (χ4n) is 2.74. The van der Waals surface area contributed by atoms with Crippen molar-refractivity contribution >= 4 is 0 Å². The van der Waals surface area contributed by atoms with E-state index in [0.29, 0.717) is 12.2 Å². The highest BCUT2D eigenvalue weighted by Gasteiger charge is 2.10. The zero-order chi connectivity index (χ0) is 20.7. The van der Waals surface area contributed by atoms with Gasteiger partial charge in [-0.2, -0.15) is 0 Å². The summed E-state index contributed by atoms with van der Waals surface area (Å²) < 4.78 is 13.2. The number of aromatic nitrogens is 2. The molecular formula is C22H28N2O4. The van der Waals surface area contributed by atoms with Gasteiger partial charge in [0.1, 0.15) is 5.75 Å². The maximum atomic E-state index is 13.0. The average molecular weight is 384 g/mol. The Hall–Kier alpha value is -2.86. The number of aryl methyl sites for hydroxylation is 1. The molecule has 1 aromatic carbocycles. The van der Waals surface area contributed by atoms with Crippen LogP contribution < -0.4 is 16.0 Å². The molecule has 0 bridgehead atoms. The number of rotatable bonds is 8. The van der Waals surface area contributed by atoms with Crippen molar-refractivity contribution in [1.29, 1.82) is 0 Å². The number of methoxy groups -OCH3 is 2. The van der Waals surface area contributed by atoms with E-state index >= 15 is 0 Å². The normalized spacial score (nSPS) is 13.1. The molecule has 0 aliphatic heterocycles. The first-order chi connectivity index (χ1) is 13.4. The summed E-state index contributed by atoms with van der Waals surface area (Å²) in [4.78, 5) is 25.4. The van der Waals surface area contributed by atoms with Crippen LogP contribution in [-0.2, 0) is 17.8 Å². The monoisotopic (exact) mass is 384 g/mol. The third-order valence-electron chi connectivity index (χ3n) is 4.65. The van der Waals surface area contributed by atoms with Gasteiger partial charge in [0.15, 0.2) is 0 Å². The number of benzene rings is 1. The van der Waals surface area contributed by atoms with Gasteiger partial charge in [0.05, 0.1) is 26.3 Å². The van der Waals surface area contributed by atoms with Gasteiger partial charge in [0.25, 0.3) is 5.56 Å². The Kier molecular flexibility index (Phi) is 7.58. The lowest BCUT2D eigenvalue weighted by atomic mass is 10.2. The van der Waals surface area contributed by atoms with Gasteiger partial charge in [-0.15, -0.1) is 0 Å². The molecule has 0 fully saturated rings. The van der Waals surface area contributed by atoms with Gasteiger partial charge < -0.3 is 9.47 Å². The maximum absolute atomic E-state index is 13.0. The molecular weight excluding hydrogens is 356 g/mol. The number of allylic oxidation sites excluding steroid dienone is 3. The van der Waals surface area contributed by atoms with E-state index < -0.39 is 0 Å². The molecule has 150 valence electrons. The van der Waals surface area contributed by atoms with Gasteiger partial charge in [-0.3, -0.25) is 13.9 Å². The van der Waals surface area contributed by atoms with Crippen LogP contribution in [0.1, 0.15) is 25.1 Å². The minimum absolute atomic E-state index is 0.0169. The summed E-state index contributed by atoms with van der Waals surface area (Å²) in [5.41, 5.74) is 1.82. The van der Waals surface area contributed by atoms with Crippen molar-refractivity contribution in [3.8, 4) is 5.75 Å². The van der Waals surface area contributed by atoms with E-state index in [2.05, 4.69) is 0 Å². The van der Waals surface area contributed by atoms with E-state index in [-0.39, 0.29) is 23.9 Å². The zero-order valence-electron chi connectivity index (χ0n) is 17.1. The molecule has 0 saturated heterocycles. The molecule has 0 aliphatic rings. The van der Waals surface area contributed by atoms with Crippen LogP contribution in [0.4, 0.5) is 0 Å². The summed E-state index contributed by atoms with van der Waals surface area (Å²) in [6.45, 7) is 6.23. The third kappa shape index (κ3) is 5.33. The first-order valence-electron chi connectivity index (χ1n) is 9.20. The number of ether oxygens (including phenoxy) is 2. The van der Waals surface area contributed by atoms with Crippen LogP contribution in [0.25, 0.3) is 0 Å². The Morgan fingerprint density at radius 3 is 2.39 bits per heavy atom. The lowest BCUT2D eigenvalue weighted by Gasteiger charge is -2.14. The number of hydrogen-bond acceptors (Lipinski definition) is 4. The molecule has 6 heteroatoms. The fourth-order valence-corrected chi connectivity index (χ4v) is 2.74. The summed E-state index contributed by atoms with van der Waals surface area (Å²) in [7, 11) is 3.24. The van der Waals surface area contributed by atoms with Gasteiger partial charge in [-0.1, -0.05) is 30.4 Å². The largest absolute Gasteiger partial charge is 0.497 e. The van der Waals surface area contributed by atoms with Gasteiger partial charge in [0, 0.05) is 18.9 Å². The van der Waals surface area contributed by atoms with Gasteiger partial charge in [0.2, 0.25) is 0 Å². The molecule has 1 atom stereocenters. The molecule has 0 aliphatic carbocycles. The van der Waals surface area contributed by atoms with E-state index in [1.807, 2.05) is 56.3 Å². The van der Waals surface area contributed by atoms with E-state index in [9.17, 15) is 9.59 Å². The maximum Gasteiger partial charge on any atom is 0.331 e. The van der Waals surface area contributed by atoms with Crippen LogP contribution in [0.15, 0.2) is 63.7 Å². The van der Waals surface area contributed by atoms with Crippen molar-refractivity contribution in [2.45, 2.75) is 40.0 Å². The van der Waals surface area contributed by atoms with Crippen LogP contribution in [0.3, 0.4) is 0 Å². The van der Waals surface area contributed by atoms with Crippen molar-refractivity contribution in [1.82, 2.24) is 9.13 Å². The van der Waals surface area contributed by atoms with Crippen LogP contribution in [0.2, 0.25) is 0 Å². The summed E-state index contributed by atoms with van der Waals surface area (Å²) >= 11 is 0. The average Bonchev–Trinajstić information content (AvgIpc) is 2.70. The number of hydrogen-bond donors (Lipinski definition) is 0. The number of nitrogens with zero attached hydrogens (tertiary/aromatic N) is 2. The van der Waals surface area contributed by atoms with Crippen molar-refractivity contribution in [2.75, 3.05) is 14.2 Å². The summed E-state index contributed by atoms with van der Waals surface area (Å²) in [6.07, 6.45) is 5.81. The zero-order valence-corrected chi connectivity index (χ0v) is 17.1. The molecule has 0 spiro atoms. The van der Waals surface area contributed by atoms with Gasteiger partial charge in [-0.05, 0) is 44.0 Å². The quantitative estimate of drug-likeness (QED) is 0.657. The minimum atomic E-state index is -0.326. The second kappa shape index (κ2) is 9.90. The molecule has 1 unspecified atom stereocenters. The lowest BCUT2D eigenvalue weighted by Crippen LogP contribution is -2.41. The Bertz CT molecular complexity index is 966. The van der Waals surface area contributed by atoms with Crippen LogP contribution in [-0.4, -0.2) is 29.5 Å². The van der Waals surface area contributed by atoms with E-state index in [0.717, 1.165) is 16.9 Å². The smallest absolute Gasteiger partial charge is 0.331 e. The molecule has 28 heavy (non-hydrogen) atoms. The topological polar surface area (TPSA) is 62.5 Å². The molecule has 0 N–H and O–H groups in total. The molecule has 1 heterocycles. The highest BCUT2D eigenvalue weighted by atomic mass is 16.5. The Morgan fingerprint density at radius 1 is 1.14 bits per heavy atom. The molecule has 6 nitrogen and oxygen atoms in total. The van der Waals surface area contributed by atoms with Crippen LogP contribution >= 0.6 is 0 Å². The van der Waals surface area contributed by atoms with Gasteiger partial charge >= 0.3 is 5.69 Å². The molecule has 2 aromatic rings. The molecule has 0 saturated carbocycles. The first kappa shape index (κ1) is 21.4. The molecule has 0 amide bonds. The highest BCUT2D eigenvalue weighted by molar-refractivity contribution is 5.27. The van der Waals surface area contributed by atoms with Crippen molar-refractivity contribution in [3.63, 3.8) is 0 Å². The Labute approximate surface area is 165 Å². The Morgan fingerprint density at radius 2 is 1.82 bits per heavy atom. The summed E-state index contributed by atoms with van der Waals surface area (Å²) in [6, 6.07) is 8.82. The van der Waals surface area contributed by atoms with E-state index in [1.165, 1.54) is 10.6 Å². The predicted molar refractivity (Wildman–Crippen MR) is 111 cm³/mol. The standard InChI is InChI=1S/C22H28N2O4/c1-6-18(8-7-17(3)27-4)14-23-16(2)13-21(25)24(22(23)26)15-19-9-11-20(28-5)12-10-19/h6-13,17H,14-15H2,1-5H3/b8-7-,18-6+. The van der Waals surface area contributed by atoms with Gasteiger partial charge in [-0.25, -0.2) is 4.79 Å². The van der Waals surface area contributed by atoms with Crippen LogP contribution in [0, 0.1) is 6.92 Å². The van der Waals surface area contributed by atoms with E-state index in [1.54, 1.807) is 25.7 Å². The molecule has 1 aromatic heterocycles. The SMILES string of the molecule is C/C=C(\C=C/C(C)OC)Cn1c(C)cc(=O)n(Cc2ccc(OC)cc2)c1=O. The summed E-state index contributed by atoms with van der Waals surface area (Å²) in [5, 5.41) is 0. The lowest BCUT2D eigenvalue weighted by molar-refractivity contribution is 0.156. The first-order valence-corrected chi connectivity index (χ1v) is 9.20. The third-order valence-corrected chi connectivity index (χ3v) is 4.65. The fraction of sp³-hybridized carbons (Fsp3) is 0.364. The second-order valence-electron chi connectivity index (χ2n) is 6.59. The van der Waals surface area contributed by atoms with Crippen molar-refractivity contribution in [3.05, 3.63) is 86.2 Å². The second-order valence-corrected chi connectivity index (χ2v) is 6.59. The van der Waals surface area contributed by atoms with E-state index in [4.69, 9.17) is 9.47 Å². The molecule has 0 radical (unpaired) electrons. The predicted octanol–water partition coefficient (Wildman–Crippen LogP) is 2.91. The Balaban J connectivity index is 2.35. The highest BCUT2D eigenvalue weighted by Crippen LogP contribution is 2.11. The minimum Gasteiger partial charge on any atom is -0.497 e.